The summed E-state index contributed by atoms with van der Waals surface area (Å²) in [7, 11) is 0. The van der Waals surface area contributed by atoms with Gasteiger partial charge in [-0.3, -0.25) is 0 Å². The first-order valence-electron chi connectivity index (χ1n) is 6.23. The van der Waals surface area contributed by atoms with E-state index in [9.17, 15) is 0 Å². The second kappa shape index (κ2) is 6.03. The Balaban J connectivity index is 2.05. The second-order valence-corrected chi connectivity index (χ2v) is 5.01. The van der Waals surface area contributed by atoms with Crippen LogP contribution in [0.4, 0.5) is 0 Å². The molecule has 0 aliphatic heterocycles. The van der Waals surface area contributed by atoms with Gasteiger partial charge in [-0.2, -0.15) is 0 Å². The van der Waals surface area contributed by atoms with E-state index in [-0.39, 0.29) is 6.04 Å². The molecule has 1 N–H and O–H groups in total. The molecule has 94 valence electrons. The van der Waals surface area contributed by atoms with Gasteiger partial charge in [-0.05, 0) is 37.1 Å². The highest BCUT2D eigenvalue weighted by Crippen LogP contribution is 2.21. The summed E-state index contributed by atoms with van der Waals surface area (Å²) in [4.78, 5) is 0. The van der Waals surface area contributed by atoms with Gasteiger partial charge in [-0.25, -0.2) is 0 Å². The van der Waals surface area contributed by atoms with Crippen molar-refractivity contribution in [1.82, 2.24) is 5.32 Å². The molecule has 1 unspecified atom stereocenters. The van der Waals surface area contributed by atoms with Crippen molar-refractivity contribution in [2.24, 2.45) is 0 Å². The van der Waals surface area contributed by atoms with Crippen LogP contribution in [0.15, 0.2) is 54.6 Å². The summed E-state index contributed by atoms with van der Waals surface area (Å²) >= 11 is 6.01. The Labute approximate surface area is 114 Å². The topological polar surface area (TPSA) is 12.0 Å². The molecule has 0 saturated heterocycles. The lowest BCUT2D eigenvalue weighted by molar-refractivity contribution is 0.495. The minimum Gasteiger partial charge on any atom is -0.304 e. The van der Waals surface area contributed by atoms with Gasteiger partial charge < -0.3 is 5.32 Å². The number of rotatable bonds is 4. The number of halogens is 1. The lowest BCUT2D eigenvalue weighted by Gasteiger charge is -2.21. The largest absolute Gasteiger partial charge is 0.304 e. The first kappa shape index (κ1) is 13.1. The molecule has 1 nitrogen and oxygen atoms in total. The fraction of sp³-hybridized carbons (Fsp3) is 0.250. The molecular weight excluding hydrogens is 242 g/mol. The third-order valence-electron chi connectivity index (χ3n) is 3.15. The summed E-state index contributed by atoms with van der Waals surface area (Å²) in [6.07, 6.45) is 0. The van der Waals surface area contributed by atoms with E-state index in [1.165, 1.54) is 11.1 Å². The van der Waals surface area contributed by atoms with Crippen LogP contribution < -0.4 is 5.32 Å². The molecule has 0 aliphatic carbocycles. The molecule has 0 spiro atoms. The first-order valence-corrected chi connectivity index (χ1v) is 6.61. The fourth-order valence-corrected chi connectivity index (χ4v) is 2.28. The van der Waals surface area contributed by atoms with E-state index in [0.717, 1.165) is 5.02 Å². The quantitative estimate of drug-likeness (QED) is 0.835. The Bertz CT molecular complexity index is 495. The van der Waals surface area contributed by atoms with Gasteiger partial charge in [-0.15, -0.1) is 0 Å². The van der Waals surface area contributed by atoms with Gasteiger partial charge in [0.25, 0.3) is 0 Å². The molecule has 0 amide bonds. The zero-order valence-electron chi connectivity index (χ0n) is 10.7. The molecule has 2 heteroatoms. The van der Waals surface area contributed by atoms with E-state index in [0.29, 0.717) is 6.04 Å². The lowest BCUT2D eigenvalue weighted by Crippen LogP contribution is -2.22. The molecular formula is C16H18ClN. The smallest absolute Gasteiger partial charge is 0.0409 e. The van der Waals surface area contributed by atoms with E-state index >= 15 is 0 Å². The third-order valence-corrected chi connectivity index (χ3v) is 3.38. The molecule has 0 fully saturated rings. The summed E-state index contributed by atoms with van der Waals surface area (Å²) in [5.74, 6) is 0. The van der Waals surface area contributed by atoms with Crippen LogP contribution in [0.25, 0.3) is 0 Å². The maximum absolute atomic E-state index is 6.01. The van der Waals surface area contributed by atoms with Crippen LogP contribution in [0.5, 0.6) is 0 Å². The maximum atomic E-state index is 6.01. The Morgan fingerprint density at radius 2 is 1.44 bits per heavy atom. The average Bonchev–Trinajstić information content (AvgIpc) is 2.39. The van der Waals surface area contributed by atoms with Crippen molar-refractivity contribution < 1.29 is 0 Å². The maximum Gasteiger partial charge on any atom is 0.0409 e. The highest BCUT2D eigenvalue weighted by Gasteiger charge is 2.10. The van der Waals surface area contributed by atoms with Crippen LogP contribution in [0.3, 0.4) is 0 Å². The van der Waals surface area contributed by atoms with Crippen molar-refractivity contribution >= 4 is 11.6 Å². The summed E-state index contributed by atoms with van der Waals surface area (Å²) in [5, 5.41) is 4.37. The van der Waals surface area contributed by atoms with Gasteiger partial charge in [0, 0.05) is 17.1 Å². The van der Waals surface area contributed by atoms with Gasteiger partial charge in [0.2, 0.25) is 0 Å². The SMILES string of the molecule is CC(N[C@@H](C)c1ccccc1)c1cccc(Cl)c1. The third kappa shape index (κ3) is 3.34. The van der Waals surface area contributed by atoms with E-state index in [4.69, 9.17) is 11.6 Å². The fourth-order valence-electron chi connectivity index (χ4n) is 2.09. The molecule has 2 aromatic carbocycles. The molecule has 0 saturated carbocycles. The van der Waals surface area contributed by atoms with Crippen molar-refractivity contribution in [3.63, 3.8) is 0 Å². The minimum atomic E-state index is 0.277. The van der Waals surface area contributed by atoms with Crippen molar-refractivity contribution in [2.45, 2.75) is 25.9 Å². The highest BCUT2D eigenvalue weighted by molar-refractivity contribution is 6.30. The molecule has 0 radical (unpaired) electrons. The molecule has 18 heavy (non-hydrogen) atoms. The predicted octanol–water partition coefficient (Wildman–Crippen LogP) is 4.75. The van der Waals surface area contributed by atoms with Gasteiger partial charge in [0.05, 0.1) is 0 Å². The Hall–Kier alpha value is -1.31. The van der Waals surface area contributed by atoms with Crippen LogP contribution in [0, 0.1) is 0 Å². The van der Waals surface area contributed by atoms with Crippen LogP contribution in [0.1, 0.15) is 37.1 Å². The zero-order chi connectivity index (χ0) is 13.0. The van der Waals surface area contributed by atoms with Crippen LogP contribution in [0.2, 0.25) is 5.02 Å². The van der Waals surface area contributed by atoms with E-state index in [2.05, 4.69) is 49.5 Å². The molecule has 2 aromatic rings. The molecule has 2 atom stereocenters. The predicted molar refractivity (Wildman–Crippen MR) is 77.9 cm³/mol. The number of hydrogen-bond donors (Lipinski definition) is 1. The summed E-state index contributed by atoms with van der Waals surface area (Å²) in [6.45, 7) is 4.33. The Morgan fingerprint density at radius 3 is 2.11 bits per heavy atom. The van der Waals surface area contributed by atoms with E-state index < -0.39 is 0 Å². The van der Waals surface area contributed by atoms with Crippen molar-refractivity contribution in [3.05, 3.63) is 70.7 Å². The Kier molecular flexibility index (Phi) is 4.40. The minimum absolute atomic E-state index is 0.277. The number of hydrogen-bond acceptors (Lipinski definition) is 1. The first-order chi connectivity index (χ1) is 8.66. The van der Waals surface area contributed by atoms with Crippen LogP contribution in [-0.4, -0.2) is 0 Å². The summed E-state index contributed by atoms with van der Waals surface area (Å²) in [6, 6.07) is 19.1. The molecule has 2 rings (SSSR count). The van der Waals surface area contributed by atoms with Crippen molar-refractivity contribution in [2.75, 3.05) is 0 Å². The molecule has 0 aromatic heterocycles. The van der Waals surface area contributed by atoms with E-state index in [1.807, 2.05) is 24.3 Å². The van der Waals surface area contributed by atoms with Crippen molar-refractivity contribution in [3.8, 4) is 0 Å². The summed E-state index contributed by atoms with van der Waals surface area (Å²) < 4.78 is 0. The average molecular weight is 260 g/mol. The molecule has 0 heterocycles. The Morgan fingerprint density at radius 1 is 0.833 bits per heavy atom. The number of benzene rings is 2. The molecule has 0 bridgehead atoms. The second-order valence-electron chi connectivity index (χ2n) is 4.58. The number of nitrogens with one attached hydrogen (secondary N) is 1. The molecule has 0 aliphatic rings. The monoisotopic (exact) mass is 259 g/mol. The van der Waals surface area contributed by atoms with E-state index in [1.54, 1.807) is 0 Å². The van der Waals surface area contributed by atoms with Gasteiger partial charge >= 0.3 is 0 Å². The van der Waals surface area contributed by atoms with Gasteiger partial charge in [0.15, 0.2) is 0 Å². The zero-order valence-corrected chi connectivity index (χ0v) is 11.5. The highest BCUT2D eigenvalue weighted by atomic mass is 35.5. The normalized spacial score (nSPS) is 14.2. The van der Waals surface area contributed by atoms with Crippen LogP contribution >= 0.6 is 11.6 Å². The standard InChI is InChI=1S/C16H18ClN/c1-12(14-7-4-3-5-8-14)18-13(2)15-9-6-10-16(17)11-15/h3-13,18H,1-2H3/t12-,13?/m0/s1. The lowest BCUT2D eigenvalue weighted by atomic mass is 10.0. The summed E-state index contributed by atoms with van der Waals surface area (Å²) in [5.41, 5.74) is 2.51. The van der Waals surface area contributed by atoms with Gasteiger partial charge in [0.1, 0.15) is 0 Å². The van der Waals surface area contributed by atoms with Crippen LogP contribution in [-0.2, 0) is 0 Å². The van der Waals surface area contributed by atoms with Gasteiger partial charge in [-0.1, -0.05) is 54.1 Å². The van der Waals surface area contributed by atoms with Crippen molar-refractivity contribution in [1.29, 1.82) is 0 Å².